The van der Waals surface area contributed by atoms with Crippen molar-refractivity contribution < 1.29 is 17.6 Å². The van der Waals surface area contributed by atoms with Crippen molar-refractivity contribution in [1.29, 1.82) is 0 Å². The van der Waals surface area contributed by atoms with Crippen LogP contribution in [0.1, 0.15) is 0 Å². The minimum Gasteiger partial charge on any atom is -0.293 e. The molecule has 0 spiro atoms. The first kappa shape index (κ1) is 14.7. The van der Waals surface area contributed by atoms with E-state index in [9.17, 15) is 17.6 Å². The van der Waals surface area contributed by atoms with Gasteiger partial charge in [0.1, 0.15) is 12.4 Å². The minimum atomic E-state index is -3.75. The second kappa shape index (κ2) is 5.51. The number of anilines is 1. The van der Waals surface area contributed by atoms with Gasteiger partial charge >= 0.3 is 0 Å². The smallest absolute Gasteiger partial charge is 0.254 e. The van der Waals surface area contributed by atoms with Gasteiger partial charge in [0.2, 0.25) is 10.0 Å². The lowest BCUT2D eigenvalue weighted by molar-refractivity contribution is -0.119. The van der Waals surface area contributed by atoms with Crippen LogP contribution in [-0.2, 0) is 14.8 Å². The molecule has 1 aromatic carbocycles. The molecule has 0 aliphatic rings. The average molecular weight is 296 g/mol. The summed E-state index contributed by atoms with van der Waals surface area (Å²) in [7, 11) is -3.75. The number of hydrazine groups is 1. The first-order chi connectivity index (χ1) is 8.25. The van der Waals surface area contributed by atoms with Crippen LogP contribution >= 0.6 is 11.6 Å². The highest BCUT2D eigenvalue weighted by molar-refractivity contribution is 7.92. The molecule has 0 aliphatic carbocycles. The Morgan fingerprint density at radius 1 is 1.56 bits per heavy atom. The van der Waals surface area contributed by atoms with Crippen LogP contribution in [0.5, 0.6) is 0 Å². The molecule has 0 atom stereocenters. The SMILES string of the molecule is CS(=O)(=O)N(CC(=O)NN)c1ccc(F)cc1Cl. The highest BCUT2D eigenvalue weighted by atomic mass is 35.5. The van der Waals surface area contributed by atoms with Crippen LogP contribution in [0.25, 0.3) is 0 Å². The molecular weight excluding hydrogens is 285 g/mol. The predicted octanol–water partition coefficient (Wildman–Crippen LogP) is 0.235. The van der Waals surface area contributed by atoms with Crippen molar-refractivity contribution in [3.8, 4) is 0 Å². The second-order valence-corrected chi connectivity index (χ2v) is 5.75. The van der Waals surface area contributed by atoms with Crippen LogP contribution in [0.2, 0.25) is 5.02 Å². The van der Waals surface area contributed by atoms with Gasteiger partial charge in [0.15, 0.2) is 0 Å². The van der Waals surface area contributed by atoms with Crippen molar-refractivity contribution in [3.63, 3.8) is 0 Å². The van der Waals surface area contributed by atoms with Gasteiger partial charge in [0.25, 0.3) is 5.91 Å². The number of hydrogen-bond acceptors (Lipinski definition) is 4. The first-order valence-corrected chi connectivity index (χ1v) is 6.90. The summed E-state index contributed by atoms with van der Waals surface area (Å²) in [5, 5.41) is -0.120. The molecule has 0 fully saturated rings. The van der Waals surface area contributed by atoms with E-state index in [0.29, 0.717) is 0 Å². The molecule has 0 bridgehead atoms. The Hall–Kier alpha value is -1.38. The van der Waals surface area contributed by atoms with E-state index < -0.39 is 28.3 Å². The van der Waals surface area contributed by atoms with E-state index in [0.717, 1.165) is 22.7 Å². The molecule has 1 amide bonds. The molecule has 3 N–H and O–H groups in total. The van der Waals surface area contributed by atoms with E-state index >= 15 is 0 Å². The van der Waals surface area contributed by atoms with Crippen molar-refractivity contribution in [2.45, 2.75) is 0 Å². The predicted molar refractivity (Wildman–Crippen MR) is 65.9 cm³/mol. The third-order valence-electron chi connectivity index (χ3n) is 2.03. The fourth-order valence-corrected chi connectivity index (χ4v) is 2.43. The maximum absolute atomic E-state index is 12.9. The van der Waals surface area contributed by atoms with Gasteiger partial charge in [-0.3, -0.25) is 14.5 Å². The van der Waals surface area contributed by atoms with E-state index in [4.69, 9.17) is 17.4 Å². The van der Waals surface area contributed by atoms with Gasteiger partial charge < -0.3 is 0 Å². The third kappa shape index (κ3) is 3.56. The molecule has 0 aromatic heterocycles. The fraction of sp³-hybridized carbons (Fsp3) is 0.222. The van der Waals surface area contributed by atoms with Gasteiger partial charge in [-0.25, -0.2) is 18.7 Å². The fourth-order valence-electron chi connectivity index (χ4n) is 1.24. The van der Waals surface area contributed by atoms with E-state index in [2.05, 4.69) is 0 Å². The summed E-state index contributed by atoms with van der Waals surface area (Å²) in [6, 6.07) is 3.16. The number of amides is 1. The van der Waals surface area contributed by atoms with Gasteiger partial charge in [-0.2, -0.15) is 0 Å². The molecule has 0 aliphatic heterocycles. The number of halogens is 2. The van der Waals surface area contributed by atoms with E-state index in [1.807, 2.05) is 0 Å². The van der Waals surface area contributed by atoms with Crippen molar-refractivity contribution in [1.82, 2.24) is 5.43 Å². The number of hydrogen-bond donors (Lipinski definition) is 2. The van der Waals surface area contributed by atoms with Crippen LogP contribution < -0.4 is 15.6 Å². The van der Waals surface area contributed by atoms with E-state index in [-0.39, 0.29) is 10.7 Å². The molecule has 0 saturated carbocycles. The number of nitrogens with one attached hydrogen (secondary N) is 1. The number of carbonyl (C=O) groups excluding carboxylic acids is 1. The van der Waals surface area contributed by atoms with Crippen molar-refractivity contribution >= 4 is 33.2 Å². The molecule has 9 heteroatoms. The Bertz CT molecular complexity index is 564. The zero-order valence-corrected chi connectivity index (χ0v) is 10.9. The Kier molecular flexibility index (Phi) is 4.49. The molecule has 6 nitrogen and oxygen atoms in total. The molecule has 0 saturated heterocycles. The largest absolute Gasteiger partial charge is 0.293 e. The van der Waals surface area contributed by atoms with Gasteiger partial charge in [0, 0.05) is 0 Å². The number of rotatable bonds is 4. The monoisotopic (exact) mass is 295 g/mol. The number of nitrogens with zero attached hydrogens (tertiary/aromatic N) is 1. The van der Waals surface area contributed by atoms with E-state index in [1.54, 1.807) is 5.43 Å². The summed E-state index contributed by atoms with van der Waals surface area (Å²) in [5.74, 6) is 3.56. The molecular formula is C9H11ClFN3O3S. The zero-order chi connectivity index (χ0) is 13.9. The van der Waals surface area contributed by atoms with Crippen molar-refractivity contribution in [2.75, 3.05) is 17.1 Å². The summed E-state index contributed by atoms with van der Waals surface area (Å²) in [6.45, 7) is -0.541. The van der Waals surface area contributed by atoms with Crippen LogP contribution in [0.15, 0.2) is 18.2 Å². The minimum absolute atomic E-state index is 0.00386. The summed E-state index contributed by atoms with van der Waals surface area (Å²) < 4.78 is 36.8. The van der Waals surface area contributed by atoms with Crippen LogP contribution in [0, 0.1) is 5.82 Å². The summed E-state index contributed by atoms with van der Waals surface area (Å²) >= 11 is 5.75. The average Bonchev–Trinajstić information content (AvgIpc) is 2.25. The highest BCUT2D eigenvalue weighted by Crippen LogP contribution is 2.28. The summed E-state index contributed by atoms with van der Waals surface area (Å²) in [5.41, 5.74) is 1.81. The Balaban J connectivity index is 3.22. The summed E-state index contributed by atoms with van der Waals surface area (Å²) in [6.07, 6.45) is 0.899. The van der Waals surface area contributed by atoms with Crippen molar-refractivity contribution in [3.05, 3.63) is 29.0 Å². The quantitative estimate of drug-likeness (QED) is 0.473. The lowest BCUT2D eigenvalue weighted by Crippen LogP contribution is -2.42. The number of benzene rings is 1. The summed E-state index contributed by atoms with van der Waals surface area (Å²) in [4.78, 5) is 11.2. The molecule has 0 radical (unpaired) electrons. The molecule has 1 rings (SSSR count). The van der Waals surface area contributed by atoms with Gasteiger partial charge in [-0.05, 0) is 18.2 Å². The van der Waals surface area contributed by atoms with Crippen LogP contribution in [0.3, 0.4) is 0 Å². The molecule has 0 unspecified atom stereocenters. The second-order valence-electron chi connectivity index (χ2n) is 3.43. The lowest BCUT2D eigenvalue weighted by atomic mass is 10.3. The third-order valence-corrected chi connectivity index (χ3v) is 3.46. The first-order valence-electron chi connectivity index (χ1n) is 4.68. The van der Waals surface area contributed by atoms with Crippen LogP contribution in [-0.4, -0.2) is 27.1 Å². The molecule has 0 heterocycles. The molecule has 1 aromatic rings. The maximum atomic E-state index is 12.9. The standard InChI is InChI=1S/C9H11ClFN3O3S/c1-18(16,17)14(5-9(15)13-12)8-3-2-6(11)4-7(8)10/h2-4H,5,12H2,1H3,(H,13,15). The number of nitrogens with two attached hydrogens (primary N) is 1. The molecule has 18 heavy (non-hydrogen) atoms. The zero-order valence-electron chi connectivity index (χ0n) is 9.35. The lowest BCUT2D eigenvalue weighted by Gasteiger charge is -2.22. The normalized spacial score (nSPS) is 11.1. The van der Waals surface area contributed by atoms with E-state index in [1.165, 1.54) is 6.07 Å². The van der Waals surface area contributed by atoms with Gasteiger partial charge in [-0.15, -0.1) is 0 Å². The molecule has 100 valence electrons. The van der Waals surface area contributed by atoms with Crippen LogP contribution in [0.4, 0.5) is 10.1 Å². The Labute approximate surface area is 109 Å². The highest BCUT2D eigenvalue weighted by Gasteiger charge is 2.22. The Morgan fingerprint density at radius 2 is 2.17 bits per heavy atom. The maximum Gasteiger partial charge on any atom is 0.254 e. The topological polar surface area (TPSA) is 92.5 Å². The van der Waals surface area contributed by atoms with Gasteiger partial charge in [-0.1, -0.05) is 11.6 Å². The van der Waals surface area contributed by atoms with Crippen molar-refractivity contribution in [2.24, 2.45) is 5.84 Å². The Morgan fingerprint density at radius 3 is 2.61 bits per heavy atom. The number of carbonyl (C=O) groups is 1. The van der Waals surface area contributed by atoms with Gasteiger partial charge in [0.05, 0.1) is 17.0 Å². The number of sulfonamides is 1.